The van der Waals surface area contributed by atoms with Gasteiger partial charge >= 0.3 is 0 Å². The molecule has 8 heteroatoms. The fraction of sp³-hybridized carbons (Fsp3) is 0.385. The van der Waals surface area contributed by atoms with E-state index in [4.69, 9.17) is 10.3 Å². The van der Waals surface area contributed by atoms with Gasteiger partial charge in [-0.05, 0) is 65.7 Å². The van der Waals surface area contributed by atoms with Gasteiger partial charge in [0.25, 0.3) is 10.1 Å². The number of anilines is 2. The molecule has 0 spiro atoms. The minimum Gasteiger partial charge on any atom is -0.406 e. The van der Waals surface area contributed by atoms with Crippen molar-refractivity contribution in [2.45, 2.75) is 75.5 Å². The summed E-state index contributed by atoms with van der Waals surface area (Å²) in [6.07, 6.45) is 15.3. The van der Waals surface area contributed by atoms with Gasteiger partial charge in [-0.15, -0.1) is 35.9 Å². The van der Waals surface area contributed by atoms with Crippen molar-refractivity contribution in [1.29, 1.82) is 0 Å². The number of hydrogen-bond donors (Lipinski definition) is 2. The van der Waals surface area contributed by atoms with Gasteiger partial charge in [-0.1, -0.05) is 113 Å². The number of para-hydroxylation sites is 2. The molecule has 0 heterocycles. The van der Waals surface area contributed by atoms with E-state index in [1.54, 1.807) is 5.30 Å². The normalized spacial score (nSPS) is 15.3. The summed E-state index contributed by atoms with van der Waals surface area (Å²) in [5, 5.41) is 1.70. The monoisotopic (exact) mass is 763 g/mol. The fourth-order valence-corrected chi connectivity index (χ4v) is 10.7. The fourth-order valence-electron chi connectivity index (χ4n) is 6.73. The van der Waals surface area contributed by atoms with Crippen LogP contribution in [-0.4, -0.2) is 44.6 Å². The van der Waals surface area contributed by atoms with Gasteiger partial charge in [0, 0.05) is 45.8 Å². The number of hydrogen-bond acceptors (Lipinski definition) is 4. The van der Waals surface area contributed by atoms with Crippen LogP contribution in [0.25, 0.3) is 22.3 Å². The summed E-state index contributed by atoms with van der Waals surface area (Å²) in [5.41, 5.74) is 14.9. The van der Waals surface area contributed by atoms with Crippen molar-refractivity contribution in [1.82, 2.24) is 0 Å². The Labute approximate surface area is 298 Å². The largest absolute Gasteiger partial charge is 0.406 e. The molecule has 256 valence electrons. The van der Waals surface area contributed by atoms with Crippen LogP contribution in [0.5, 0.6) is 0 Å². The van der Waals surface area contributed by atoms with Crippen LogP contribution < -0.4 is 15.9 Å². The molecule has 0 aromatic heterocycles. The zero-order chi connectivity index (χ0) is 32.9. The molecule has 2 aliphatic carbocycles. The van der Waals surface area contributed by atoms with Gasteiger partial charge in [-0.25, -0.2) is 0 Å². The molecule has 47 heavy (non-hydrogen) atoms. The Balaban J connectivity index is 0.000000262. The summed E-state index contributed by atoms with van der Waals surface area (Å²) in [4.78, 5) is 2.27. The van der Waals surface area contributed by atoms with Crippen LogP contribution >= 0.6 is 7.92 Å². The molecule has 4 aromatic carbocycles. The molecule has 0 unspecified atom stereocenters. The second kappa shape index (κ2) is 19.5. The number of nitrogens with zero attached hydrogens (tertiary/aromatic N) is 1. The number of nitrogens with two attached hydrogens (primary N) is 1. The summed E-state index contributed by atoms with van der Waals surface area (Å²) >= 11 is 0. The Morgan fingerprint density at radius 3 is 1.68 bits per heavy atom. The maximum atomic E-state index is 9.19. The SMILES string of the molecule is CN(C)c1ccccc1-c1ccccc1P(C1CCCCC1)C1CCCCC1.CS(=O)(=O)O.Nc1ccccc1-c1[c-]cccc1.[Pd]. The average molecular weight is 764 g/mol. The molecule has 0 amide bonds. The van der Waals surface area contributed by atoms with Gasteiger partial charge in [0.1, 0.15) is 0 Å². The minimum absolute atomic E-state index is 0. The zero-order valence-electron chi connectivity index (χ0n) is 27.9. The predicted molar refractivity (Wildman–Crippen MR) is 199 cm³/mol. The quantitative estimate of drug-likeness (QED) is 0.0673. The van der Waals surface area contributed by atoms with Crippen molar-refractivity contribution in [3.8, 4) is 22.3 Å². The molecular weight excluding hydrogens is 714 g/mol. The standard InChI is InChI=1S/C26H36NP.C12H10N.CH4O3S.Pd/c1-27(2)25-19-11-9-17-23(25)24-18-10-12-20-26(24)28(21-13-5-3-6-14-21)22-15-7-4-8-16-22;13-12-9-5-4-8-11(12)10-6-2-1-3-7-10;1-5(2,3)4;/h9-12,17-22H,3-8,13-16H2,1-2H3;1-6,8-9H,13H2;1H3,(H,2,3,4);/q;-1;;. The van der Waals surface area contributed by atoms with Gasteiger partial charge in [-0.2, -0.15) is 8.42 Å². The van der Waals surface area contributed by atoms with Crippen molar-refractivity contribution in [2.75, 3.05) is 31.0 Å². The van der Waals surface area contributed by atoms with Crippen LogP contribution in [0.3, 0.4) is 0 Å². The Morgan fingerprint density at radius 1 is 0.702 bits per heavy atom. The van der Waals surface area contributed by atoms with Crippen molar-refractivity contribution < 1.29 is 33.4 Å². The first-order chi connectivity index (χ1) is 22.1. The van der Waals surface area contributed by atoms with Crippen LogP contribution in [0.15, 0.2) is 97.1 Å². The maximum Gasteiger partial charge on any atom is 0.261 e. The summed E-state index contributed by atoms with van der Waals surface area (Å²) in [7, 11) is 0.593. The molecule has 3 N–H and O–H groups in total. The Hall–Kier alpha value is -2.52. The first-order valence-corrected chi connectivity index (χ1v) is 19.8. The van der Waals surface area contributed by atoms with Crippen LogP contribution in [0, 0.1) is 6.07 Å². The first-order valence-electron chi connectivity index (χ1n) is 16.5. The van der Waals surface area contributed by atoms with E-state index in [0.29, 0.717) is 6.26 Å². The van der Waals surface area contributed by atoms with Gasteiger partial charge in [0.15, 0.2) is 0 Å². The Bertz CT molecular complexity index is 1580. The third-order valence-corrected chi connectivity index (χ3v) is 12.3. The minimum atomic E-state index is -3.67. The second-order valence-corrected chi connectivity index (χ2v) is 16.7. The second-order valence-electron chi connectivity index (χ2n) is 12.5. The molecule has 4 aromatic rings. The van der Waals surface area contributed by atoms with E-state index in [1.807, 2.05) is 48.5 Å². The molecule has 2 saturated carbocycles. The molecule has 6 rings (SSSR count). The van der Waals surface area contributed by atoms with E-state index in [2.05, 4.69) is 73.6 Å². The molecule has 0 saturated heterocycles. The van der Waals surface area contributed by atoms with Crippen LogP contribution in [0.1, 0.15) is 64.2 Å². The average Bonchev–Trinajstić information content (AvgIpc) is 3.06. The summed E-state index contributed by atoms with van der Waals surface area (Å²) < 4.78 is 25.9. The third-order valence-electron chi connectivity index (χ3n) is 8.75. The van der Waals surface area contributed by atoms with Crippen molar-refractivity contribution in [3.05, 3.63) is 103 Å². The smallest absolute Gasteiger partial charge is 0.261 e. The first kappa shape index (κ1) is 38.9. The van der Waals surface area contributed by atoms with Gasteiger partial charge in [0.2, 0.25) is 0 Å². The van der Waals surface area contributed by atoms with E-state index in [-0.39, 0.29) is 28.3 Å². The van der Waals surface area contributed by atoms with Crippen LogP contribution in [0.4, 0.5) is 11.4 Å². The molecule has 2 aliphatic rings. The molecule has 2 fully saturated rings. The Morgan fingerprint density at radius 2 is 1.17 bits per heavy atom. The van der Waals surface area contributed by atoms with E-state index in [0.717, 1.165) is 28.1 Å². The summed E-state index contributed by atoms with van der Waals surface area (Å²) in [6.45, 7) is 0. The molecule has 0 aliphatic heterocycles. The van der Waals surface area contributed by atoms with Gasteiger partial charge < -0.3 is 10.6 Å². The Kier molecular flexibility index (Phi) is 16.1. The van der Waals surface area contributed by atoms with Gasteiger partial charge in [-0.3, -0.25) is 4.55 Å². The maximum absolute atomic E-state index is 9.19. The predicted octanol–water partition coefficient (Wildman–Crippen LogP) is 9.43. The molecular formula is C39H50N2O3PPdS-. The van der Waals surface area contributed by atoms with Crippen LogP contribution in [-0.2, 0) is 30.5 Å². The summed E-state index contributed by atoms with van der Waals surface area (Å²) in [6, 6.07) is 37.2. The van der Waals surface area contributed by atoms with Crippen molar-refractivity contribution in [2.24, 2.45) is 0 Å². The van der Waals surface area contributed by atoms with Gasteiger partial charge in [0.05, 0.1) is 6.26 Å². The molecule has 0 bridgehead atoms. The molecule has 5 nitrogen and oxygen atoms in total. The number of benzene rings is 4. The number of nitrogen functional groups attached to an aromatic ring is 1. The zero-order valence-corrected chi connectivity index (χ0v) is 31.2. The topological polar surface area (TPSA) is 83.6 Å². The van der Waals surface area contributed by atoms with Crippen LogP contribution in [0.2, 0.25) is 0 Å². The number of rotatable bonds is 6. The third kappa shape index (κ3) is 12.1. The molecule has 0 radical (unpaired) electrons. The summed E-state index contributed by atoms with van der Waals surface area (Å²) in [5.74, 6) is 0. The molecule has 0 atom stereocenters. The van der Waals surface area contributed by atoms with E-state index in [1.165, 1.54) is 81.0 Å². The van der Waals surface area contributed by atoms with Crippen molar-refractivity contribution >= 4 is 34.7 Å². The van der Waals surface area contributed by atoms with E-state index >= 15 is 0 Å². The van der Waals surface area contributed by atoms with Crippen molar-refractivity contribution in [3.63, 3.8) is 0 Å². The van der Waals surface area contributed by atoms with E-state index in [9.17, 15) is 8.42 Å². The van der Waals surface area contributed by atoms with E-state index < -0.39 is 10.1 Å².